The first-order valence-corrected chi connectivity index (χ1v) is 6.13. The Bertz CT molecular complexity index is 286. The van der Waals surface area contributed by atoms with Crippen LogP contribution in [0.1, 0.15) is 24.8 Å². The number of hydrogen-bond acceptors (Lipinski definition) is 2. The fourth-order valence-corrected chi connectivity index (χ4v) is 1.86. The van der Waals surface area contributed by atoms with E-state index in [-0.39, 0.29) is 0 Å². The van der Waals surface area contributed by atoms with Gasteiger partial charge in [-0.05, 0) is 44.0 Å². The van der Waals surface area contributed by atoms with Crippen LogP contribution in [0.15, 0.2) is 24.3 Å². The first-order valence-electron chi connectivity index (χ1n) is 5.75. The number of ether oxygens (including phenoxy) is 1. The van der Waals surface area contributed by atoms with Crippen LogP contribution in [-0.4, -0.2) is 26.8 Å². The summed E-state index contributed by atoms with van der Waals surface area (Å²) in [5, 5.41) is 4.01. The first kappa shape index (κ1) is 13.5. The molecule has 1 unspecified atom stereocenters. The molecule has 1 atom stereocenters. The minimum Gasteiger partial charge on any atom is -0.382 e. The van der Waals surface area contributed by atoms with Gasteiger partial charge in [-0.2, -0.15) is 0 Å². The molecule has 0 saturated carbocycles. The predicted molar refractivity (Wildman–Crippen MR) is 69.2 cm³/mol. The maximum atomic E-state index is 5.88. The SMILES string of the molecule is CCOCCC(CNC)c1ccc(Cl)cc1. The summed E-state index contributed by atoms with van der Waals surface area (Å²) in [5.74, 6) is 0.494. The zero-order valence-electron chi connectivity index (χ0n) is 10.0. The zero-order chi connectivity index (χ0) is 11.8. The third-order valence-electron chi connectivity index (χ3n) is 2.61. The van der Waals surface area contributed by atoms with Gasteiger partial charge in [0.15, 0.2) is 0 Å². The topological polar surface area (TPSA) is 21.3 Å². The molecule has 0 aliphatic heterocycles. The van der Waals surface area contributed by atoms with Gasteiger partial charge in [0.05, 0.1) is 0 Å². The second kappa shape index (κ2) is 7.66. The molecule has 1 aromatic rings. The van der Waals surface area contributed by atoms with E-state index in [0.717, 1.165) is 31.2 Å². The molecule has 0 radical (unpaired) electrons. The van der Waals surface area contributed by atoms with Crippen molar-refractivity contribution in [1.29, 1.82) is 0 Å². The first-order chi connectivity index (χ1) is 7.77. The standard InChI is InChI=1S/C13H20ClNO/c1-3-16-9-8-12(10-15-2)11-4-6-13(14)7-5-11/h4-7,12,15H,3,8-10H2,1-2H3. The van der Waals surface area contributed by atoms with E-state index in [1.165, 1.54) is 5.56 Å². The van der Waals surface area contributed by atoms with E-state index in [2.05, 4.69) is 17.4 Å². The molecule has 0 fully saturated rings. The highest BCUT2D eigenvalue weighted by atomic mass is 35.5. The molecule has 0 bridgehead atoms. The Kier molecular flexibility index (Phi) is 6.46. The molecule has 16 heavy (non-hydrogen) atoms. The second-order valence-electron chi connectivity index (χ2n) is 3.79. The highest BCUT2D eigenvalue weighted by Gasteiger charge is 2.10. The van der Waals surface area contributed by atoms with E-state index in [1.54, 1.807) is 0 Å². The van der Waals surface area contributed by atoms with Crippen molar-refractivity contribution >= 4 is 11.6 Å². The molecule has 1 aromatic carbocycles. The summed E-state index contributed by atoms with van der Waals surface area (Å²) in [6.45, 7) is 4.59. The van der Waals surface area contributed by atoms with Crippen LogP contribution >= 0.6 is 11.6 Å². The average molecular weight is 242 g/mol. The van der Waals surface area contributed by atoms with Gasteiger partial charge in [-0.15, -0.1) is 0 Å². The van der Waals surface area contributed by atoms with Crippen molar-refractivity contribution in [2.45, 2.75) is 19.3 Å². The van der Waals surface area contributed by atoms with Crippen LogP contribution < -0.4 is 5.32 Å². The Morgan fingerprint density at radius 3 is 2.56 bits per heavy atom. The zero-order valence-corrected chi connectivity index (χ0v) is 10.8. The average Bonchev–Trinajstić information content (AvgIpc) is 2.29. The van der Waals surface area contributed by atoms with Crippen LogP contribution in [-0.2, 0) is 4.74 Å². The molecule has 90 valence electrons. The quantitative estimate of drug-likeness (QED) is 0.741. The molecule has 2 nitrogen and oxygen atoms in total. The lowest BCUT2D eigenvalue weighted by Crippen LogP contribution is -2.18. The van der Waals surface area contributed by atoms with Gasteiger partial charge in [0.25, 0.3) is 0 Å². The summed E-state index contributed by atoms with van der Waals surface area (Å²) < 4.78 is 5.40. The van der Waals surface area contributed by atoms with Gasteiger partial charge in [0.2, 0.25) is 0 Å². The van der Waals surface area contributed by atoms with E-state index in [0.29, 0.717) is 5.92 Å². The van der Waals surface area contributed by atoms with E-state index in [4.69, 9.17) is 16.3 Å². The fourth-order valence-electron chi connectivity index (χ4n) is 1.74. The van der Waals surface area contributed by atoms with Gasteiger partial charge in [0.1, 0.15) is 0 Å². The molecule has 1 rings (SSSR count). The molecule has 1 N–H and O–H groups in total. The third-order valence-corrected chi connectivity index (χ3v) is 2.86. The maximum absolute atomic E-state index is 5.88. The van der Waals surface area contributed by atoms with Crippen LogP contribution in [0, 0.1) is 0 Å². The number of hydrogen-bond donors (Lipinski definition) is 1. The minimum absolute atomic E-state index is 0.494. The van der Waals surface area contributed by atoms with Crippen LogP contribution in [0.3, 0.4) is 0 Å². The summed E-state index contributed by atoms with van der Waals surface area (Å²) in [6.07, 6.45) is 1.04. The van der Waals surface area contributed by atoms with Crippen LogP contribution in [0.2, 0.25) is 5.02 Å². The van der Waals surface area contributed by atoms with E-state index >= 15 is 0 Å². The summed E-state index contributed by atoms with van der Waals surface area (Å²) in [7, 11) is 1.98. The molecule has 0 aliphatic carbocycles. The maximum Gasteiger partial charge on any atom is 0.0472 e. The summed E-state index contributed by atoms with van der Waals surface area (Å²) in [5.41, 5.74) is 1.32. The van der Waals surface area contributed by atoms with Crippen molar-refractivity contribution in [2.75, 3.05) is 26.8 Å². The van der Waals surface area contributed by atoms with Gasteiger partial charge in [-0.1, -0.05) is 23.7 Å². The second-order valence-corrected chi connectivity index (χ2v) is 4.23. The Labute approximate surface area is 103 Å². The Morgan fingerprint density at radius 1 is 1.31 bits per heavy atom. The fraction of sp³-hybridized carbons (Fsp3) is 0.538. The van der Waals surface area contributed by atoms with E-state index in [9.17, 15) is 0 Å². The van der Waals surface area contributed by atoms with Crippen molar-refractivity contribution in [1.82, 2.24) is 5.32 Å². The Balaban J connectivity index is 2.57. The minimum atomic E-state index is 0.494. The number of likely N-dealkylation sites (N-methyl/N-ethyl adjacent to an activating group) is 1. The lowest BCUT2D eigenvalue weighted by Gasteiger charge is -2.17. The van der Waals surface area contributed by atoms with Crippen molar-refractivity contribution in [2.24, 2.45) is 0 Å². The number of benzene rings is 1. The van der Waals surface area contributed by atoms with Crippen molar-refractivity contribution in [3.63, 3.8) is 0 Å². The number of nitrogens with one attached hydrogen (secondary N) is 1. The highest BCUT2D eigenvalue weighted by molar-refractivity contribution is 6.30. The Hall–Kier alpha value is -0.570. The molecule has 0 amide bonds. The molecule has 0 spiro atoms. The van der Waals surface area contributed by atoms with Crippen molar-refractivity contribution < 1.29 is 4.74 Å². The highest BCUT2D eigenvalue weighted by Crippen LogP contribution is 2.21. The van der Waals surface area contributed by atoms with Gasteiger partial charge in [-0.25, -0.2) is 0 Å². The molecule has 0 aliphatic rings. The van der Waals surface area contributed by atoms with Crippen molar-refractivity contribution in [3.05, 3.63) is 34.9 Å². The molecule has 3 heteroatoms. The van der Waals surface area contributed by atoms with Gasteiger partial charge >= 0.3 is 0 Å². The largest absolute Gasteiger partial charge is 0.382 e. The van der Waals surface area contributed by atoms with Gasteiger partial charge in [0, 0.05) is 24.8 Å². The lowest BCUT2D eigenvalue weighted by molar-refractivity contribution is 0.139. The normalized spacial score (nSPS) is 12.7. The molecule has 0 saturated heterocycles. The monoisotopic (exact) mass is 241 g/mol. The Morgan fingerprint density at radius 2 is 2.00 bits per heavy atom. The van der Waals surface area contributed by atoms with E-state index < -0.39 is 0 Å². The van der Waals surface area contributed by atoms with Crippen LogP contribution in [0.4, 0.5) is 0 Å². The summed E-state index contributed by atoms with van der Waals surface area (Å²) in [6, 6.07) is 8.08. The molecular weight excluding hydrogens is 222 g/mol. The van der Waals surface area contributed by atoms with E-state index in [1.807, 2.05) is 26.1 Å². The number of halogens is 1. The third kappa shape index (κ3) is 4.52. The molecular formula is C13H20ClNO. The number of rotatable bonds is 7. The summed E-state index contributed by atoms with van der Waals surface area (Å²) in [4.78, 5) is 0. The molecule has 0 aromatic heterocycles. The molecule has 0 heterocycles. The van der Waals surface area contributed by atoms with Crippen molar-refractivity contribution in [3.8, 4) is 0 Å². The smallest absolute Gasteiger partial charge is 0.0472 e. The predicted octanol–water partition coefficient (Wildman–Crippen LogP) is 3.07. The summed E-state index contributed by atoms with van der Waals surface area (Å²) >= 11 is 5.88. The van der Waals surface area contributed by atoms with Crippen LogP contribution in [0.5, 0.6) is 0 Å². The van der Waals surface area contributed by atoms with Gasteiger partial charge < -0.3 is 10.1 Å². The van der Waals surface area contributed by atoms with Gasteiger partial charge in [-0.3, -0.25) is 0 Å². The lowest BCUT2D eigenvalue weighted by atomic mass is 9.96. The van der Waals surface area contributed by atoms with Crippen LogP contribution in [0.25, 0.3) is 0 Å².